The van der Waals surface area contributed by atoms with Crippen molar-refractivity contribution in [3.8, 4) is 0 Å². The monoisotopic (exact) mass is 263 g/mol. The van der Waals surface area contributed by atoms with Crippen LogP contribution in [0, 0.1) is 5.92 Å². The molecule has 0 amide bonds. The number of hydrogen-bond acceptors (Lipinski definition) is 3. The molecule has 0 aromatic carbocycles. The first-order valence-corrected chi connectivity index (χ1v) is 8.09. The van der Waals surface area contributed by atoms with E-state index in [2.05, 4.69) is 0 Å². The van der Waals surface area contributed by atoms with Gasteiger partial charge in [0.05, 0.1) is 17.9 Å². The fourth-order valence-corrected chi connectivity index (χ4v) is 3.97. The predicted octanol–water partition coefficient (Wildman–Crippen LogP) is 1.60. The van der Waals surface area contributed by atoms with E-state index in [1.54, 1.807) is 7.05 Å². The minimum Gasteiger partial charge on any atom is -0.391 e. The van der Waals surface area contributed by atoms with Crippen molar-refractivity contribution in [1.29, 1.82) is 0 Å². The molecule has 0 spiro atoms. The van der Waals surface area contributed by atoms with Crippen molar-refractivity contribution < 1.29 is 13.5 Å². The van der Waals surface area contributed by atoms with Gasteiger partial charge in [-0.1, -0.05) is 26.7 Å². The van der Waals surface area contributed by atoms with Crippen molar-refractivity contribution in [1.82, 2.24) is 4.31 Å². The molecule has 1 N–H and O–H groups in total. The third-order valence-corrected chi connectivity index (χ3v) is 5.45. The second-order valence-electron chi connectivity index (χ2n) is 5.43. The van der Waals surface area contributed by atoms with Gasteiger partial charge in [0, 0.05) is 7.05 Å². The Balaban J connectivity index is 2.63. The first-order valence-electron chi connectivity index (χ1n) is 6.48. The Morgan fingerprint density at radius 1 is 1.29 bits per heavy atom. The van der Waals surface area contributed by atoms with Gasteiger partial charge in [0.25, 0.3) is 0 Å². The number of aliphatic hydroxyl groups excluding tert-OH is 1. The van der Waals surface area contributed by atoms with E-state index < -0.39 is 16.1 Å². The molecule has 0 aromatic heterocycles. The normalized spacial score (nSPS) is 26.7. The van der Waals surface area contributed by atoms with Crippen molar-refractivity contribution in [3.63, 3.8) is 0 Å². The van der Waals surface area contributed by atoms with Crippen molar-refractivity contribution in [2.45, 2.75) is 58.1 Å². The maximum absolute atomic E-state index is 12.1. The van der Waals surface area contributed by atoms with Gasteiger partial charge in [-0.15, -0.1) is 0 Å². The lowest BCUT2D eigenvalue weighted by Crippen LogP contribution is -2.47. The van der Waals surface area contributed by atoms with E-state index >= 15 is 0 Å². The van der Waals surface area contributed by atoms with Crippen LogP contribution < -0.4 is 0 Å². The van der Waals surface area contributed by atoms with E-state index in [4.69, 9.17) is 0 Å². The van der Waals surface area contributed by atoms with Crippen LogP contribution in [0.5, 0.6) is 0 Å². The molecule has 1 saturated carbocycles. The minimum atomic E-state index is -3.21. The lowest BCUT2D eigenvalue weighted by molar-refractivity contribution is 0.0638. The Morgan fingerprint density at radius 2 is 1.88 bits per heavy atom. The smallest absolute Gasteiger partial charge is 0.214 e. The largest absolute Gasteiger partial charge is 0.391 e. The molecule has 0 radical (unpaired) electrons. The molecule has 4 nitrogen and oxygen atoms in total. The molecule has 1 aliphatic rings. The zero-order valence-electron chi connectivity index (χ0n) is 11.1. The SMILES string of the molecule is CC(C)CCS(=O)(=O)N(C)C1CCCCC1O. The highest BCUT2D eigenvalue weighted by Gasteiger charge is 2.32. The van der Waals surface area contributed by atoms with Crippen LogP contribution in [0.15, 0.2) is 0 Å². The van der Waals surface area contributed by atoms with Crippen LogP contribution in [-0.4, -0.2) is 42.8 Å². The first kappa shape index (κ1) is 14.9. The summed E-state index contributed by atoms with van der Waals surface area (Å²) in [5, 5.41) is 9.87. The predicted molar refractivity (Wildman–Crippen MR) is 69.3 cm³/mol. The molecule has 0 saturated heterocycles. The number of sulfonamides is 1. The third-order valence-electron chi connectivity index (χ3n) is 3.55. The van der Waals surface area contributed by atoms with Crippen molar-refractivity contribution in [3.05, 3.63) is 0 Å². The maximum atomic E-state index is 12.1. The van der Waals surface area contributed by atoms with Gasteiger partial charge in [0.1, 0.15) is 0 Å². The average Bonchev–Trinajstić information content (AvgIpc) is 2.26. The molecule has 0 aromatic rings. The fourth-order valence-electron chi connectivity index (χ4n) is 2.25. The highest BCUT2D eigenvalue weighted by Crippen LogP contribution is 2.24. The van der Waals surface area contributed by atoms with Crippen LogP contribution >= 0.6 is 0 Å². The second kappa shape index (κ2) is 6.16. The minimum absolute atomic E-state index is 0.185. The molecule has 0 heterocycles. The number of rotatable bonds is 5. The lowest BCUT2D eigenvalue weighted by atomic mass is 9.93. The molecule has 0 aliphatic heterocycles. The van der Waals surface area contributed by atoms with E-state index in [-0.39, 0.29) is 11.8 Å². The zero-order chi connectivity index (χ0) is 13.1. The summed E-state index contributed by atoms with van der Waals surface area (Å²) in [4.78, 5) is 0. The molecule has 17 heavy (non-hydrogen) atoms. The molecule has 2 atom stereocenters. The van der Waals surface area contributed by atoms with E-state index in [0.29, 0.717) is 18.8 Å². The Kier molecular flexibility index (Phi) is 5.41. The van der Waals surface area contributed by atoms with E-state index in [1.165, 1.54) is 4.31 Å². The quantitative estimate of drug-likeness (QED) is 0.819. The molecular formula is C12H25NO3S. The van der Waals surface area contributed by atoms with Gasteiger partial charge < -0.3 is 5.11 Å². The molecule has 5 heteroatoms. The van der Waals surface area contributed by atoms with Gasteiger partial charge in [-0.3, -0.25) is 0 Å². The Bertz CT molecular complexity index is 327. The van der Waals surface area contributed by atoms with Crippen LogP contribution in [0.2, 0.25) is 0 Å². The van der Waals surface area contributed by atoms with E-state index in [1.807, 2.05) is 13.8 Å². The van der Waals surface area contributed by atoms with Crippen molar-refractivity contribution in [2.75, 3.05) is 12.8 Å². The van der Waals surface area contributed by atoms with Crippen LogP contribution in [0.4, 0.5) is 0 Å². The van der Waals surface area contributed by atoms with Crippen LogP contribution in [0.1, 0.15) is 46.0 Å². The Morgan fingerprint density at radius 3 is 2.41 bits per heavy atom. The summed E-state index contributed by atoms with van der Waals surface area (Å²) in [5.74, 6) is 0.569. The van der Waals surface area contributed by atoms with E-state index in [9.17, 15) is 13.5 Å². The first-order chi connectivity index (χ1) is 7.84. The van der Waals surface area contributed by atoms with Crippen LogP contribution in [0.25, 0.3) is 0 Å². The summed E-state index contributed by atoms with van der Waals surface area (Å²) < 4.78 is 25.6. The van der Waals surface area contributed by atoms with Gasteiger partial charge in [-0.05, 0) is 25.2 Å². The molecule has 1 aliphatic carbocycles. The summed E-state index contributed by atoms with van der Waals surface area (Å²) in [5.41, 5.74) is 0. The summed E-state index contributed by atoms with van der Waals surface area (Å²) in [7, 11) is -1.61. The number of likely N-dealkylation sites (N-methyl/N-ethyl adjacent to an activating group) is 1. The van der Waals surface area contributed by atoms with Gasteiger partial charge in [0.2, 0.25) is 10.0 Å². The van der Waals surface area contributed by atoms with E-state index in [0.717, 1.165) is 19.3 Å². The molecule has 1 rings (SSSR count). The summed E-state index contributed by atoms with van der Waals surface area (Å²) in [6, 6.07) is -0.221. The zero-order valence-corrected chi connectivity index (χ0v) is 11.9. The Hall–Kier alpha value is -0.130. The second-order valence-corrected chi connectivity index (χ2v) is 7.58. The summed E-state index contributed by atoms with van der Waals surface area (Å²) >= 11 is 0. The summed E-state index contributed by atoms with van der Waals surface area (Å²) in [6.45, 7) is 4.04. The standard InChI is InChI=1S/C12H25NO3S/c1-10(2)8-9-17(15,16)13(3)11-6-4-5-7-12(11)14/h10-12,14H,4-9H2,1-3H3. The number of aliphatic hydroxyl groups is 1. The van der Waals surface area contributed by atoms with Crippen LogP contribution in [0.3, 0.4) is 0 Å². The van der Waals surface area contributed by atoms with Crippen molar-refractivity contribution >= 4 is 10.0 Å². The number of hydrogen-bond donors (Lipinski definition) is 1. The molecular weight excluding hydrogens is 238 g/mol. The summed E-state index contributed by atoms with van der Waals surface area (Å²) in [6.07, 6.45) is 3.68. The highest BCUT2D eigenvalue weighted by molar-refractivity contribution is 7.89. The third kappa shape index (κ3) is 4.23. The molecule has 2 unspecified atom stereocenters. The highest BCUT2D eigenvalue weighted by atomic mass is 32.2. The van der Waals surface area contributed by atoms with Gasteiger partial charge in [-0.2, -0.15) is 4.31 Å². The number of nitrogens with zero attached hydrogens (tertiary/aromatic N) is 1. The molecule has 0 bridgehead atoms. The van der Waals surface area contributed by atoms with Gasteiger partial charge in [-0.25, -0.2) is 8.42 Å². The topological polar surface area (TPSA) is 57.6 Å². The van der Waals surface area contributed by atoms with Crippen molar-refractivity contribution in [2.24, 2.45) is 5.92 Å². The average molecular weight is 263 g/mol. The Labute approximate surface area is 105 Å². The van der Waals surface area contributed by atoms with Gasteiger partial charge >= 0.3 is 0 Å². The molecule has 102 valence electrons. The molecule has 1 fully saturated rings. The van der Waals surface area contributed by atoms with Crippen LogP contribution in [-0.2, 0) is 10.0 Å². The maximum Gasteiger partial charge on any atom is 0.214 e. The van der Waals surface area contributed by atoms with Gasteiger partial charge in [0.15, 0.2) is 0 Å². The fraction of sp³-hybridized carbons (Fsp3) is 1.00. The lowest BCUT2D eigenvalue weighted by Gasteiger charge is -2.34.